The van der Waals surface area contributed by atoms with E-state index in [1.54, 1.807) is 42.5 Å². The molecule has 0 bridgehead atoms. The number of halogens is 1. The van der Waals surface area contributed by atoms with Gasteiger partial charge in [-0.05, 0) is 67.6 Å². The van der Waals surface area contributed by atoms with Crippen molar-refractivity contribution in [2.24, 2.45) is 5.84 Å². The van der Waals surface area contributed by atoms with Crippen LogP contribution in [-0.2, 0) is 4.79 Å². The van der Waals surface area contributed by atoms with Gasteiger partial charge in [-0.15, -0.1) is 0 Å². The Morgan fingerprint density at radius 3 is 2.32 bits per heavy atom. The van der Waals surface area contributed by atoms with E-state index in [-0.39, 0.29) is 18.1 Å². The molecule has 0 fully saturated rings. The molecular weight excluding hydrogens is 361 g/mol. The largest absolute Gasteiger partial charge is 0.457 e. The van der Waals surface area contributed by atoms with E-state index in [0.717, 1.165) is 10.6 Å². The second-order valence-electron chi connectivity index (χ2n) is 6.28. The number of anilines is 1. The van der Waals surface area contributed by atoms with E-state index in [9.17, 15) is 14.3 Å². The van der Waals surface area contributed by atoms with Crippen LogP contribution in [0.4, 0.5) is 10.2 Å². The number of hydrazine groups is 1. The molecule has 3 aromatic rings. The standard InChI is InChI=1S/C21H20FN3O3/c1-14(26)13-21(27)25(23)20-4-2-3-19(24-20)15-5-9-17(10-6-15)28-18-11-7-16(22)8-12-18/h2-12,14,26H,13,23H2,1H3. The van der Waals surface area contributed by atoms with Crippen molar-refractivity contribution in [1.29, 1.82) is 0 Å². The van der Waals surface area contributed by atoms with Gasteiger partial charge in [-0.3, -0.25) is 4.79 Å². The van der Waals surface area contributed by atoms with Gasteiger partial charge in [0.25, 0.3) is 0 Å². The lowest BCUT2D eigenvalue weighted by atomic mass is 10.1. The number of nitrogens with zero attached hydrogens (tertiary/aromatic N) is 2. The van der Waals surface area contributed by atoms with Gasteiger partial charge in [0.05, 0.1) is 18.2 Å². The number of carbonyl (C=O) groups is 1. The lowest BCUT2D eigenvalue weighted by Crippen LogP contribution is -2.39. The number of aliphatic hydroxyl groups excluding tert-OH is 1. The minimum Gasteiger partial charge on any atom is -0.457 e. The van der Waals surface area contributed by atoms with Gasteiger partial charge in [0.2, 0.25) is 5.91 Å². The minimum absolute atomic E-state index is 0.0855. The Bertz CT molecular complexity index is 944. The molecule has 1 aromatic heterocycles. The first-order valence-corrected chi connectivity index (χ1v) is 8.69. The monoisotopic (exact) mass is 381 g/mol. The molecule has 0 aliphatic carbocycles. The van der Waals surface area contributed by atoms with Crippen molar-refractivity contribution in [2.75, 3.05) is 5.01 Å². The second kappa shape index (κ2) is 8.60. The number of benzene rings is 2. The SMILES string of the molecule is CC(O)CC(=O)N(N)c1cccc(-c2ccc(Oc3ccc(F)cc3)cc2)n1. The minimum atomic E-state index is -0.782. The molecule has 3 N–H and O–H groups in total. The maximum atomic E-state index is 13.0. The summed E-state index contributed by atoms with van der Waals surface area (Å²) in [4.78, 5) is 16.4. The van der Waals surface area contributed by atoms with Crippen LogP contribution in [0.25, 0.3) is 11.3 Å². The van der Waals surface area contributed by atoms with Gasteiger partial charge < -0.3 is 9.84 Å². The first kappa shape index (κ1) is 19.5. The van der Waals surface area contributed by atoms with Crippen molar-refractivity contribution >= 4 is 11.7 Å². The number of pyridine rings is 1. The predicted octanol–water partition coefficient (Wildman–Crippen LogP) is 3.66. The van der Waals surface area contributed by atoms with E-state index >= 15 is 0 Å². The van der Waals surface area contributed by atoms with Crippen LogP contribution in [0, 0.1) is 5.82 Å². The van der Waals surface area contributed by atoms with Crippen molar-refractivity contribution in [3.63, 3.8) is 0 Å². The molecule has 0 radical (unpaired) electrons. The Balaban J connectivity index is 1.75. The van der Waals surface area contributed by atoms with Crippen LogP contribution in [-0.4, -0.2) is 22.1 Å². The number of aromatic nitrogens is 1. The summed E-state index contributed by atoms with van der Waals surface area (Å²) in [6, 6.07) is 18.1. The summed E-state index contributed by atoms with van der Waals surface area (Å²) in [5, 5.41) is 10.3. The summed E-state index contributed by atoms with van der Waals surface area (Å²) in [6.45, 7) is 1.52. The number of rotatable bonds is 6. The van der Waals surface area contributed by atoms with Crippen molar-refractivity contribution in [1.82, 2.24) is 4.98 Å². The Hall–Kier alpha value is -3.29. The van der Waals surface area contributed by atoms with Crippen molar-refractivity contribution in [3.05, 3.63) is 72.5 Å². The third-order valence-corrected chi connectivity index (χ3v) is 3.92. The second-order valence-corrected chi connectivity index (χ2v) is 6.28. The summed E-state index contributed by atoms with van der Waals surface area (Å²) >= 11 is 0. The molecule has 0 aliphatic heterocycles. The molecule has 0 saturated carbocycles. The van der Waals surface area contributed by atoms with Crippen molar-refractivity contribution in [3.8, 4) is 22.8 Å². The number of amides is 1. The summed E-state index contributed by atoms with van der Waals surface area (Å²) in [7, 11) is 0. The fraction of sp³-hybridized carbons (Fsp3) is 0.143. The lowest BCUT2D eigenvalue weighted by Gasteiger charge is -2.17. The lowest BCUT2D eigenvalue weighted by molar-refractivity contribution is -0.120. The van der Waals surface area contributed by atoms with Gasteiger partial charge in [-0.2, -0.15) is 0 Å². The Morgan fingerprint density at radius 1 is 1.11 bits per heavy atom. The van der Waals surface area contributed by atoms with E-state index < -0.39 is 12.0 Å². The summed E-state index contributed by atoms with van der Waals surface area (Å²) < 4.78 is 18.6. The first-order valence-electron chi connectivity index (χ1n) is 8.69. The van der Waals surface area contributed by atoms with Gasteiger partial charge in [0, 0.05) is 5.56 Å². The smallest absolute Gasteiger partial charge is 0.245 e. The number of hydrogen-bond acceptors (Lipinski definition) is 5. The topological polar surface area (TPSA) is 88.7 Å². The first-order chi connectivity index (χ1) is 13.4. The maximum Gasteiger partial charge on any atom is 0.245 e. The fourth-order valence-corrected chi connectivity index (χ4v) is 2.53. The zero-order chi connectivity index (χ0) is 20.1. The highest BCUT2D eigenvalue weighted by atomic mass is 19.1. The molecule has 3 rings (SSSR count). The van der Waals surface area contributed by atoms with Gasteiger partial charge in [0.1, 0.15) is 23.1 Å². The average molecular weight is 381 g/mol. The van der Waals surface area contributed by atoms with Gasteiger partial charge in [-0.1, -0.05) is 6.07 Å². The van der Waals surface area contributed by atoms with Crippen LogP contribution in [0.15, 0.2) is 66.7 Å². The van der Waals surface area contributed by atoms with Crippen molar-refractivity contribution in [2.45, 2.75) is 19.4 Å². The normalized spacial score (nSPS) is 11.7. The third-order valence-electron chi connectivity index (χ3n) is 3.92. The highest BCUT2D eigenvalue weighted by molar-refractivity contribution is 5.91. The number of ether oxygens (including phenoxy) is 1. The molecule has 0 saturated heterocycles. The van der Waals surface area contributed by atoms with Crippen molar-refractivity contribution < 1.29 is 19.0 Å². The fourth-order valence-electron chi connectivity index (χ4n) is 2.53. The van der Waals surface area contributed by atoms with E-state index in [0.29, 0.717) is 17.2 Å². The summed E-state index contributed by atoms with van der Waals surface area (Å²) in [5.41, 5.74) is 1.44. The van der Waals surface area contributed by atoms with E-state index in [1.165, 1.54) is 19.1 Å². The number of nitrogens with two attached hydrogens (primary N) is 1. The van der Waals surface area contributed by atoms with Crippen LogP contribution in [0.5, 0.6) is 11.5 Å². The predicted molar refractivity (Wildman–Crippen MR) is 104 cm³/mol. The molecule has 0 aliphatic rings. The van der Waals surface area contributed by atoms with Crippen LogP contribution in [0.3, 0.4) is 0 Å². The van der Waals surface area contributed by atoms with Crippen LogP contribution in [0.1, 0.15) is 13.3 Å². The average Bonchev–Trinajstić information content (AvgIpc) is 2.69. The molecule has 1 unspecified atom stereocenters. The molecule has 0 spiro atoms. The molecule has 2 aromatic carbocycles. The quantitative estimate of drug-likeness (QED) is 0.386. The number of aliphatic hydroxyl groups is 1. The van der Waals surface area contributed by atoms with Crippen LogP contribution in [0.2, 0.25) is 0 Å². The van der Waals surface area contributed by atoms with Crippen LogP contribution < -0.4 is 15.6 Å². The molecule has 28 heavy (non-hydrogen) atoms. The van der Waals surface area contributed by atoms with E-state index in [1.807, 2.05) is 12.1 Å². The zero-order valence-corrected chi connectivity index (χ0v) is 15.2. The summed E-state index contributed by atoms with van der Waals surface area (Å²) in [6.07, 6.45) is -0.868. The van der Waals surface area contributed by atoms with E-state index in [2.05, 4.69) is 4.98 Å². The maximum absolute atomic E-state index is 13.0. The Kier molecular flexibility index (Phi) is 5.98. The highest BCUT2D eigenvalue weighted by Crippen LogP contribution is 2.26. The zero-order valence-electron chi connectivity index (χ0n) is 15.2. The third kappa shape index (κ3) is 4.91. The molecule has 1 heterocycles. The number of carbonyl (C=O) groups excluding carboxylic acids is 1. The van der Waals surface area contributed by atoms with Gasteiger partial charge in [0.15, 0.2) is 0 Å². The van der Waals surface area contributed by atoms with Gasteiger partial charge in [-0.25, -0.2) is 20.2 Å². The Morgan fingerprint density at radius 2 is 1.71 bits per heavy atom. The molecule has 1 atom stereocenters. The molecule has 7 heteroatoms. The van der Waals surface area contributed by atoms with Gasteiger partial charge >= 0.3 is 0 Å². The van der Waals surface area contributed by atoms with Crippen LogP contribution >= 0.6 is 0 Å². The number of hydrogen-bond donors (Lipinski definition) is 2. The Labute approximate surface area is 162 Å². The molecule has 1 amide bonds. The molecular formula is C21H20FN3O3. The molecule has 144 valence electrons. The highest BCUT2D eigenvalue weighted by Gasteiger charge is 2.16. The summed E-state index contributed by atoms with van der Waals surface area (Å²) in [5.74, 6) is 6.48. The molecule has 6 nitrogen and oxygen atoms in total. The van der Waals surface area contributed by atoms with E-state index in [4.69, 9.17) is 10.6 Å².